The molecule has 21 heavy (non-hydrogen) atoms. The third-order valence-corrected chi connectivity index (χ3v) is 4.95. The number of carbonyl (C=O) groups excluding carboxylic acids is 2. The molecule has 0 radical (unpaired) electrons. The molecule has 2 fully saturated rings. The molecule has 0 spiro atoms. The van der Waals surface area contributed by atoms with Gasteiger partial charge in [0.15, 0.2) is 6.04 Å². The lowest BCUT2D eigenvalue weighted by molar-refractivity contribution is -0.920. The molecular formula is C17H23N2O2+. The number of likely N-dealkylation sites (tertiary alicyclic amines) is 2. The smallest absolute Gasteiger partial charge is 0.287 e. The predicted octanol–water partition coefficient (Wildman–Crippen LogP) is 0.596. The van der Waals surface area contributed by atoms with Crippen molar-refractivity contribution < 1.29 is 14.5 Å². The lowest BCUT2D eigenvalue weighted by atomic mass is 9.89. The van der Waals surface area contributed by atoms with E-state index in [1.165, 1.54) is 15.4 Å². The second-order valence-electron chi connectivity index (χ2n) is 6.08. The van der Waals surface area contributed by atoms with E-state index in [1.54, 1.807) is 0 Å². The van der Waals surface area contributed by atoms with Gasteiger partial charge in [0.25, 0.3) is 5.91 Å². The third-order valence-electron chi connectivity index (χ3n) is 4.95. The van der Waals surface area contributed by atoms with Crippen molar-refractivity contribution in [1.82, 2.24) is 4.90 Å². The highest BCUT2D eigenvalue weighted by atomic mass is 16.2. The average molecular weight is 287 g/mol. The molecule has 2 heterocycles. The van der Waals surface area contributed by atoms with E-state index < -0.39 is 0 Å². The molecule has 4 heteroatoms. The van der Waals surface area contributed by atoms with Crippen molar-refractivity contribution in [3.63, 3.8) is 0 Å². The van der Waals surface area contributed by atoms with Crippen LogP contribution in [0.1, 0.15) is 37.7 Å². The minimum Gasteiger partial charge on any atom is -0.324 e. The van der Waals surface area contributed by atoms with Crippen LogP contribution in [0.4, 0.5) is 0 Å². The van der Waals surface area contributed by atoms with Gasteiger partial charge in [-0.3, -0.25) is 14.5 Å². The summed E-state index contributed by atoms with van der Waals surface area (Å²) in [5.74, 6) is 0.644. The molecule has 112 valence electrons. The highest BCUT2D eigenvalue weighted by Gasteiger charge is 2.45. The summed E-state index contributed by atoms with van der Waals surface area (Å²) < 4.78 is 0. The minimum absolute atomic E-state index is 0.00480. The van der Waals surface area contributed by atoms with E-state index in [2.05, 4.69) is 24.3 Å². The van der Waals surface area contributed by atoms with Gasteiger partial charge in [0, 0.05) is 19.4 Å². The fraction of sp³-hybridized carbons (Fsp3) is 0.529. The summed E-state index contributed by atoms with van der Waals surface area (Å²) in [7, 11) is 0. The van der Waals surface area contributed by atoms with E-state index >= 15 is 0 Å². The fourth-order valence-electron chi connectivity index (χ4n) is 3.73. The lowest BCUT2D eigenvalue weighted by Crippen LogP contribution is -3.17. The van der Waals surface area contributed by atoms with Gasteiger partial charge in [-0.25, -0.2) is 0 Å². The minimum atomic E-state index is -0.130. The Kier molecular flexibility index (Phi) is 4.06. The molecule has 1 N–H and O–H groups in total. The van der Waals surface area contributed by atoms with Crippen molar-refractivity contribution in [2.45, 2.75) is 38.1 Å². The van der Waals surface area contributed by atoms with Crippen LogP contribution in [0, 0.1) is 0 Å². The Bertz CT molecular complexity index is 521. The molecule has 2 aliphatic heterocycles. The first-order valence-corrected chi connectivity index (χ1v) is 7.94. The molecule has 0 aliphatic carbocycles. The molecule has 2 amide bonds. The molecule has 1 aromatic rings. The summed E-state index contributed by atoms with van der Waals surface area (Å²) in [4.78, 5) is 26.8. The molecule has 3 rings (SSSR count). The zero-order valence-corrected chi connectivity index (χ0v) is 12.5. The van der Waals surface area contributed by atoms with Crippen molar-refractivity contribution >= 4 is 11.8 Å². The number of hydrogen-bond acceptors (Lipinski definition) is 2. The number of quaternary nitrogens is 1. The standard InChI is InChI=1S/C17H22N2O2/c1-2-19-16(20)12-15(17(19)21)18-10-8-14(9-11-18)13-6-4-3-5-7-13/h3-7,14-15H,2,8-12H2,1H3/p+1/t15-/m1/s1. The molecule has 0 saturated carbocycles. The maximum atomic E-state index is 12.3. The van der Waals surface area contributed by atoms with E-state index in [0.717, 1.165) is 25.9 Å². The maximum Gasteiger partial charge on any atom is 0.287 e. The van der Waals surface area contributed by atoms with Crippen LogP contribution in [0.25, 0.3) is 0 Å². The Hall–Kier alpha value is -1.68. The van der Waals surface area contributed by atoms with Crippen LogP contribution in [0.15, 0.2) is 30.3 Å². The monoisotopic (exact) mass is 287 g/mol. The first-order valence-electron chi connectivity index (χ1n) is 7.94. The first-order chi connectivity index (χ1) is 10.2. The van der Waals surface area contributed by atoms with Crippen LogP contribution in [0.3, 0.4) is 0 Å². The lowest BCUT2D eigenvalue weighted by Gasteiger charge is -2.32. The maximum absolute atomic E-state index is 12.3. The Morgan fingerprint density at radius 3 is 2.38 bits per heavy atom. The second-order valence-corrected chi connectivity index (χ2v) is 6.08. The van der Waals surface area contributed by atoms with Gasteiger partial charge >= 0.3 is 0 Å². The van der Waals surface area contributed by atoms with Crippen LogP contribution in [-0.4, -0.2) is 42.4 Å². The normalized spacial score (nSPS) is 30.0. The van der Waals surface area contributed by atoms with Gasteiger partial charge in [0.2, 0.25) is 5.91 Å². The number of nitrogens with one attached hydrogen (secondary N) is 1. The third kappa shape index (κ3) is 2.72. The van der Waals surface area contributed by atoms with Crippen molar-refractivity contribution in [1.29, 1.82) is 0 Å². The van der Waals surface area contributed by atoms with Crippen molar-refractivity contribution in [3.8, 4) is 0 Å². The van der Waals surface area contributed by atoms with Gasteiger partial charge in [-0.15, -0.1) is 0 Å². The molecule has 0 unspecified atom stereocenters. The van der Waals surface area contributed by atoms with Crippen molar-refractivity contribution in [2.24, 2.45) is 0 Å². The Morgan fingerprint density at radius 2 is 1.81 bits per heavy atom. The van der Waals surface area contributed by atoms with Gasteiger partial charge in [-0.1, -0.05) is 30.3 Å². The number of imide groups is 1. The number of nitrogens with zero attached hydrogens (tertiary/aromatic N) is 1. The molecular weight excluding hydrogens is 264 g/mol. The summed E-state index contributed by atoms with van der Waals surface area (Å²) in [5, 5.41) is 0. The SMILES string of the molecule is CCN1C(=O)C[C@@H]([NH+]2CCC(c3ccccc3)CC2)C1=O. The molecule has 2 saturated heterocycles. The van der Waals surface area contributed by atoms with Crippen molar-refractivity contribution in [3.05, 3.63) is 35.9 Å². The van der Waals surface area contributed by atoms with Gasteiger partial charge in [0.05, 0.1) is 19.5 Å². The number of benzene rings is 1. The van der Waals surface area contributed by atoms with Crippen LogP contribution in [0.5, 0.6) is 0 Å². The molecule has 2 aliphatic rings. The van der Waals surface area contributed by atoms with Gasteiger partial charge in [0.1, 0.15) is 0 Å². The van der Waals surface area contributed by atoms with Crippen LogP contribution < -0.4 is 4.90 Å². The predicted molar refractivity (Wildman–Crippen MR) is 79.9 cm³/mol. The van der Waals surface area contributed by atoms with Crippen LogP contribution in [0.2, 0.25) is 0 Å². The van der Waals surface area contributed by atoms with E-state index in [1.807, 2.05) is 13.0 Å². The van der Waals surface area contributed by atoms with E-state index in [9.17, 15) is 9.59 Å². The first kappa shape index (κ1) is 14.3. The topological polar surface area (TPSA) is 41.8 Å². The van der Waals surface area contributed by atoms with E-state index in [4.69, 9.17) is 0 Å². The summed E-state index contributed by atoms with van der Waals surface area (Å²) >= 11 is 0. The molecule has 1 aromatic carbocycles. The Morgan fingerprint density at radius 1 is 1.14 bits per heavy atom. The summed E-state index contributed by atoms with van der Waals surface area (Å²) in [5.41, 5.74) is 1.40. The van der Waals surface area contributed by atoms with Crippen molar-refractivity contribution in [2.75, 3.05) is 19.6 Å². The largest absolute Gasteiger partial charge is 0.324 e. The van der Waals surface area contributed by atoms with E-state index in [-0.39, 0.29) is 17.9 Å². The number of piperidine rings is 1. The molecule has 1 atom stereocenters. The van der Waals surface area contributed by atoms with Crippen LogP contribution in [-0.2, 0) is 9.59 Å². The molecule has 0 bridgehead atoms. The summed E-state index contributed by atoms with van der Waals surface area (Å²) in [6.45, 7) is 4.35. The average Bonchev–Trinajstić information content (AvgIpc) is 2.82. The number of hydrogen-bond donors (Lipinski definition) is 1. The quantitative estimate of drug-likeness (QED) is 0.827. The van der Waals surface area contributed by atoms with E-state index in [0.29, 0.717) is 18.9 Å². The highest BCUT2D eigenvalue weighted by molar-refractivity contribution is 6.04. The number of likely N-dealkylation sites (N-methyl/N-ethyl adjacent to an activating group) is 1. The molecule has 0 aromatic heterocycles. The fourth-order valence-corrected chi connectivity index (χ4v) is 3.73. The highest BCUT2D eigenvalue weighted by Crippen LogP contribution is 2.24. The summed E-state index contributed by atoms with van der Waals surface area (Å²) in [6, 6.07) is 10.5. The zero-order valence-electron chi connectivity index (χ0n) is 12.5. The Balaban J connectivity index is 1.62. The molecule has 4 nitrogen and oxygen atoms in total. The number of amides is 2. The number of carbonyl (C=O) groups is 2. The number of rotatable bonds is 3. The van der Waals surface area contributed by atoms with Gasteiger partial charge in [-0.05, 0) is 18.4 Å². The zero-order chi connectivity index (χ0) is 14.8. The summed E-state index contributed by atoms with van der Waals surface area (Å²) in [6.07, 6.45) is 2.60. The second kappa shape index (κ2) is 5.98. The van der Waals surface area contributed by atoms with Crippen LogP contribution >= 0.6 is 0 Å². The Labute approximate surface area is 125 Å². The van der Waals surface area contributed by atoms with Gasteiger partial charge in [-0.2, -0.15) is 0 Å². The van der Waals surface area contributed by atoms with Gasteiger partial charge < -0.3 is 4.90 Å².